The predicted molar refractivity (Wildman–Crippen MR) is 87.2 cm³/mol. The highest BCUT2D eigenvalue weighted by Gasteiger charge is 2.28. The molecular weight excluding hydrogens is 294 g/mol. The molecule has 1 aliphatic rings. The highest BCUT2D eigenvalue weighted by atomic mass is 16.5. The van der Waals surface area contributed by atoms with Crippen LogP contribution in [0.4, 0.5) is 0 Å². The number of rotatable bonds is 5. The molecule has 5 heteroatoms. The maximum absolute atomic E-state index is 12.2. The summed E-state index contributed by atoms with van der Waals surface area (Å²) in [7, 11) is 0. The van der Waals surface area contributed by atoms with Crippen LogP contribution in [0.1, 0.15) is 33.3 Å². The molecule has 0 spiro atoms. The fraction of sp³-hybridized carbons (Fsp3) is 0.556. The quantitative estimate of drug-likeness (QED) is 0.782. The number of para-hydroxylation sites is 1. The van der Waals surface area contributed by atoms with Crippen LogP contribution in [0.3, 0.4) is 0 Å². The zero-order valence-electron chi connectivity index (χ0n) is 14.2. The highest BCUT2D eigenvalue weighted by molar-refractivity contribution is 5.82. The van der Waals surface area contributed by atoms with E-state index in [9.17, 15) is 9.59 Å². The van der Waals surface area contributed by atoms with Gasteiger partial charge in [-0.3, -0.25) is 9.59 Å². The number of carbonyl (C=O) groups is 2. The van der Waals surface area contributed by atoms with Crippen molar-refractivity contribution in [3.63, 3.8) is 0 Å². The maximum atomic E-state index is 12.2. The van der Waals surface area contributed by atoms with Crippen molar-refractivity contribution < 1.29 is 19.1 Å². The Bertz CT molecular complexity index is 560. The lowest BCUT2D eigenvalue weighted by molar-refractivity contribution is -0.158. The summed E-state index contributed by atoms with van der Waals surface area (Å²) in [6, 6.07) is 7.81. The molecule has 0 saturated carbocycles. The summed E-state index contributed by atoms with van der Waals surface area (Å²) in [6.45, 7) is 7.88. The van der Waals surface area contributed by atoms with Gasteiger partial charge in [-0.15, -0.1) is 0 Å². The van der Waals surface area contributed by atoms with Crippen LogP contribution in [0.2, 0.25) is 0 Å². The van der Waals surface area contributed by atoms with Gasteiger partial charge in [-0.2, -0.15) is 0 Å². The molecule has 0 bridgehead atoms. The summed E-state index contributed by atoms with van der Waals surface area (Å²) in [4.78, 5) is 26.2. The Morgan fingerprint density at radius 1 is 1.22 bits per heavy atom. The SMILES string of the molecule is CC(C)N(C(=O)COC(=O)C1COc2ccccc2C1)C(C)C. The Hall–Kier alpha value is -2.04. The molecule has 1 aliphatic heterocycles. The summed E-state index contributed by atoms with van der Waals surface area (Å²) in [5.41, 5.74) is 0.998. The number of hydrogen-bond donors (Lipinski definition) is 0. The van der Waals surface area contributed by atoms with Crippen LogP contribution in [0.5, 0.6) is 5.75 Å². The molecule has 1 atom stereocenters. The standard InChI is InChI=1S/C18H25NO4/c1-12(2)19(13(3)4)17(20)11-23-18(21)15-9-14-7-5-6-8-16(14)22-10-15/h5-8,12-13,15H,9-11H2,1-4H3. The van der Waals surface area contributed by atoms with E-state index in [2.05, 4.69) is 0 Å². The number of ether oxygens (including phenoxy) is 2. The van der Waals surface area contributed by atoms with E-state index in [0.717, 1.165) is 11.3 Å². The number of benzene rings is 1. The third-order valence-electron chi connectivity index (χ3n) is 3.95. The van der Waals surface area contributed by atoms with Gasteiger partial charge in [-0.05, 0) is 45.7 Å². The van der Waals surface area contributed by atoms with E-state index in [0.29, 0.717) is 13.0 Å². The van der Waals surface area contributed by atoms with E-state index in [1.165, 1.54) is 0 Å². The number of amides is 1. The van der Waals surface area contributed by atoms with Crippen molar-refractivity contribution >= 4 is 11.9 Å². The molecule has 0 fully saturated rings. The van der Waals surface area contributed by atoms with Crippen LogP contribution < -0.4 is 4.74 Å². The summed E-state index contributed by atoms with van der Waals surface area (Å²) in [5, 5.41) is 0. The summed E-state index contributed by atoms with van der Waals surface area (Å²) in [6.07, 6.45) is 0.585. The molecule has 0 aliphatic carbocycles. The van der Waals surface area contributed by atoms with Gasteiger partial charge in [0.1, 0.15) is 12.4 Å². The largest absolute Gasteiger partial charge is 0.492 e. The Balaban J connectivity index is 1.89. The van der Waals surface area contributed by atoms with Gasteiger partial charge in [-0.25, -0.2) is 0 Å². The zero-order chi connectivity index (χ0) is 17.0. The minimum absolute atomic E-state index is 0.0751. The summed E-state index contributed by atoms with van der Waals surface area (Å²) < 4.78 is 10.8. The van der Waals surface area contributed by atoms with Crippen LogP contribution in [0.25, 0.3) is 0 Å². The van der Waals surface area contributed by atoms with Gasteiger partial charge in [0, 0.05) is 12.1 Å². The van der Waals surface area contributed by atoms with Crippen LogP contribution in [-0.4, -0.2) is 42.1 Å². The van der Waals surface area contributed by atoms with Gasteiger partial charge in [0.15, 0.2) is 6.61 Å². The lowest BCUT2D eigenvalue weighted by Crippen LogP contribution is -2.44. The first kappa shape index (κ1) is 17.3. The molecular formula is C18H25NO4. The number of carbonyl (C=O) groups excluding carboxylic acids is 2. The molecule has 0 aromatic heterocycles. The second kappa shape index (κ2) is 7.49. The first-order valence-electron chi connectivity index (χ1n) is 8.08. The van der Waals surface area contributed by atoms with Crippen molar-refractivity contribution in [3.8, 4) is 5.75 Å². The van der Waals surface area contributed by atoms with E-state index in [4.69, 9.17) is 9.47 Å². The van der Waals surface area contributed by atoms with Crippen molar-refractivity contribution in [2.75, 3.05) is 13.2 Å². The van der Waals surface area contributed by atoms with Crippen molar-refractivity contribution in [1.29, 1.82) is 0 Å². The van der Waals surface area contributed by atoms with Gasteiger partial charge >= 0.3 is 5.97 Å². The Morgan fingerprint density at radius 3 is 2.52 bits per heavy atom. The number of fused-ring (bicyclic) bond motifs is 1. The van der Waals surface area contributed by atoms with Crippen LogP contribution in [0.15, 0.2) is 24.3 Å². The Kier molecular flexibility index (Phi) is 5.64. The Morgan fingerprint density at radius 2 is 1.87 bits per heavy atom. The molecule has 1 heterocycles. The topological polar surface area (TPSA) is 55.8 Å². The molecule has 0 N–H and O–H groups in total. The average molecular weight is 319 g/mol. The predicted octanol–water partition coefficient (Wildman–Crippen LogP) is 2.43. The van der Waals surface area contributed by atoms with E-state index >= 15 is 0 Å². The molecule has 0 saturated heterocycles. The van der Waals surface area contributed by atoms with Gasteiger partial charge in [0.2, 0.25) is 0 Å². The molecule has 1 aromatic rings. The van der Waals surface area contributed by atoms with Gasteiger partial charge in [0.25, 0.3) is 5.91 Å². The third kappa shape index (κ3) is 4.24. The second-order valence-electron chi connectivity index (χ2n) is 6.42. The smallest absolute Gasteiger partial charge is 0.313 e. The second-order valence-corrected chi connectivity index (χ2v) is 6.42. The number of esters is 1. The van der Waals surface area contributed by atoms with Gasteiger partial charge < -0.3 is 14.4 Å². The molecule has 1 unspecified atom stereocenters. The zero-order valence-corrected chi connectivity index (χ0v) is 14.2. The van der Waals surface area contributed by atoms with Crippen LogP contribution in [0, 0.1) is 5.92 Å². The lowest BCUT2D eigenvalue weighted by Gasteiger charge is -2.31. The molecule has 5 nitrogen and oxygen atoms in total. The van der Waals surface area contributed by atoms with E-state index in [1.54, 1.807) is 4.90 Å². The minimum Gasteiger partial charge on any atom is -0.492 e. The van der Waals surface area contributed by atoms with Crippen molar-refractivity contribution in [2.45, 2.75) is 46.2 Å². The highest BCUT2D eigenvalue weighted by Crippen LogP contribution is 2.27. The van der Waals surface area contributed by atoms with Gasteiger partial charge in [0.05, 0.1) is 5.92 Å². The molecule has 126 valence electrons. The van der Waals surface area contributed by atoms with Crippen molar-refractivity contribution in [2.24, 2.45) is 5.92 Å². The molecule has 1 aromatic carbocycles. The molecule has 0 radical (unpaired) electrons. The summed E-state index contributed by atoms with van der Waals surface area (Å²) >= 11 is 0. The first-order valence-corrected chi connectivity index (χ1v) is 8.08. The lowest BCUT2D eigenvalue weighted by atomic mass is 9.97. The molecule has 1 amide bonds. The monoisotopic (exact) mass is 319 g/mol. The average Bonchev–Trinajstić information content (AvgIpc) is 2.51. The van der Waals surface area contributed by atoms with E-state index in [-0.39, 0.29) is 36.5 Å². The number of hydrogen-bond acceptors (Lipinski definition) is 4. The van der Waals surface area contributed by atoms with Gasteiger partial charge in [-0.1, -0.05) is 18.2 Å². The van der Waals surface area contributed by atoms with Crippen LogP contribution >= 0.6 is 0 Å². The van der Waals surface area contributed by atoms with Crippen molar-refractivity contribution in [1.82, 2.24) is 4.90 Å². The fourth-order valence-electron chi connectivity index (χ4n) is 2.98. The molecule has 2 rings (SSSR count). The number of nitrogens with zero attached hydrogens (tertiary/aromatic N) is 1. The first-order chi connectivity index (χ1) is 10.9. The fourth-order valence-corrected chi connectivity index (χ4v) is 2.98. The Labute approximate surface area is 137 Å². The van der Waals surface area contributed by atoms with Crippen LogP contribution in [-0.2, 0) is 20.7 Å². The van der Waals surface area contributed by atoms with Crippen molar-refractivity contribution in [3.05, 3.63) is 29.8 Å². The summed E-state index contributed by atoms with van der Waals surface area (Å²) in [5.74, 6) is -0.0801. The molecule has 23 heavy (non-hydrogen) atoms. The minimum atomic E-state index is -0.375. The van der Waals surface area contributed by atoms with E-state index < -0.39 is 0 Å². The third-order valence-corrected chi connectivity index (χ3v) is 3.95. The maximum Gasteiger partial charge on any atom is 0.313 e. The normalized spacial score (nSPS) is 16.7. The van der Waals surface area contributed by atoms with E-state index in [1.807, 2.05) is 52.0 Å².